The zero-order valence-corrected chi connectivity index (χ0v) is 16.4. The van der Waals surface area contributed by atoms with Crippen LogP contribution in [0.3, 0.4) is 0 Å². The number of carbonyl (C=O) groups excluding carboxylic acids is 2. The normalized spacial score (nSPS) is 15.0. The number of para-hydroxylation sites is 1. The van der Waals surface area contributed by atoms with E-state index in [0.717, 1.165) is 10.6 Å². The van der Waals surface area contributed by atoms with Crippen LogP contribution in [0, 0.1) is 6.92 Å². The van der Waals surface area contributed by atoms with Crippen LogP contribution in [0.15, 0.2) is 74.7 Å². The lowest BCUT2D eigenvalue weighted by Crippen LogP contribution is -2.23. The van der Waals surface area contributed by atoms with Crippen LogP contribution in [0.4, 0.5) is 5.69 Å². The van der Waals surface area contributed by atoms with Crippen LogP contribution in [0.1, 0.15) is 18.1 Å². The number of hydrogen-bond donors (Lipinski definition) is 0. The number of ether oxygens (including phenoxy) is 1. The Labute approximate surface area is 171 Å². The monoisotopic (exact) mass is 402 g/mol. The smallest absolute Gasteiger partial charge is 0.359 e. The molecule has 0 saturated heterocycles. The van der Waals surface area contributed by atoms with Crippen molar-refractivity contribution in [2.75, 3.05) is 11.6 Å². The number of aryl methyl sites for hydroxylation is 1. The molecule has 2 aromatic carbocycles. The van der Waals surface area contributed by atoms with E-state index < -0.39 is 11.9 Å². The number of rotatable bonds is 4. The molecule has 0 bridgehead atoms. The quantitative estimate of drug-likeness (QED) is 0.493. The van der Waals surface area contributed by atoms with E-state index in [9.17, 15) is 14.4 Å². The number of amides is 1. The number of hydrogen-bond acceptors (Lipinski definition) is 6. The first-order valence-electron chi connectivity index (χ1n) is 9.39. The number of nitrogens with zero attached hydrogens (tertiary/aromatic N) is 2. The lowest BCUT2D eigenvalue weighted by Gasteiger charge is -2.10. The zero-order chi connectivity index (χ0) is 21.3. The Morgan fingerprint density at radius 3 is 2.67 bits per heavy atom. The number of carbonyl (C=O) groups is 2. The largest absolute Gasteiger partial charge is 0.463 e. The molecular weight excluding hydrogens is 384 g/mol. The molecule has 0 saturated carbocycles. The Balaban J connectivity index is 1.84. The summed E-state index contributed by atoms with van der Waals surface area (Å²) in [6.45, 7) is 3.66. The third kappa shape index (κ3) is 3.41. The summed E-state index contributed by atoms with van der Waals surface area (Å²) in [4.78, 5) is 38.4. The van der Waals surface area contributed by atoms with E-state index in [1.54, 1.807) is 49.4 Å². The maximum absolute atomic E-state index is 13.1. The van der Waals surface area contributed by atoms with Gasteiger partial charge in [-0.05, 0) is 44.2 Å². The van der Waals surface area contributed by atoms with Crippen LogP contribution >= 0.6 is 0 Å². The number of benzene rings is 2. The van der Waals surface area contributed by atoms with Crippen molar-refractivity contribution in [3.05, 3.63) is 81.7 Å². The lowest BCUT2D eigenvalue weighted by molar-refractivity contribution is -0.135. The van der Waals surface area contributed by atoms with Gasteiger partial charge in [0.25, 0.3) is 5.91 Å². The summed E-state index contributed by atoms with van der Waals surface area (Å²) in [5, 5.41) is 5.68. The Bertz CT molecular complexity index is 1270. The Morgan fingerprint density at radius 2 is 1.93 bits per heavy atom. The van der Waals surface area contributed by atoms with Crippen molar-refractivity contribution in [3.63, 3.8) is 0 Å². The van der Waals surface area contributed by atoms with Crippen LogP contribution in [-0.2, 0) is 14.3 Å². The molecule has 0 spiro atoms. The van der Waals surface area contributed by atoms with Crippen LogP contribution in [0.2, 0.25) is 0 Å². The molecule has 1 aromatic heterocycles. The number of fused-ring (bicyclic) bond motifs is 1. The fraction of sp³-hybridized carbons (Fsp3) is 0.130. The fourth-order valence-corrected chi connectivity index (χ4v) is 3.15. The number of esters is 1. The number of anilines is 1. The third-order valence-corrected chi connectivity index (χ3v) is 4.60. The fourth-order valence-electron chi connectivity index (χ4n) is 3.15. The average molecular weight is 402 g/mol. The minimum absolute atomic E-state index is 0.0309. The van der Waals surface area contributed by atoms with Crippen LogP contribution in [-0.4, -0.2) is 24.2 Å². The molecule has 0 aliphatic carbocycles. The Morgan fingerprint density at radius 1 is 1.17 bits per heavy atom. The topological polar surface area (TPSA) is 89.2 Å². The maximum Gasteiger partial charge on any atom is 0.359 e. The van der Waals surface area contributed by atoms with E-state index in [1.165, 1.54) is 12.3 Å². The van der Waals surface area contributed by atoms with Crippen molar-refractivity contribution in [2.45, 2.75) is 13.8 Å². The van der Waals surface area contributed by atoms with E-state index in [0.29, 0.717) is 16.7 Å². The highest BCUT2D eigenvalue weighted by molar-refractivity contribution is 6.54. The van der Waals surface area contributed by atoms with Crippen molar-refractivity contribution >= 4 is 40.3 Å². The maximum atomic E-state index is 13.1. The second-order valence-electron chi connectivity index (χ2n) is 6.70. The van der Waals surface area contributed by atoms with Crippen molar-refractivity contribution in [3.8, 4) is 0 Å². The lowest BCUT2D eigenvalue weighted by atomic mass is 10.1. The summed E-state index contributed by atoms with van der Waals surface area (Å²) in [7, 11) is 0. The summed E-state index contributed by atoms with van der Waals surface area (Å²) >= 11 is 0. The molecule has 0 unspecified atom stereocenters. The molecule has 1 aliphatic rings. The molecule has 1 aliphatic heterocycles. The van der Waals surface area contributed by atoms with E-state index in [1.807, 2.05) is 13.0 Å². The van der Waals surface area contributed by atoms with Crippen molar-refractivity contribution in [2.24, 2.45) is 5.10 Å². The molecule has 0 atom stereocenters. The molecule has 7 heteroatoms. The second-order valence-corrected chi connectivity index (χ2v) is 6.70. The summed E-state index contributed by atoms with van der Waals surface area (Å²) in [6.07, 6.45) is 2.60. The van der Waals surface area contributed by atoms with E-state index in [-0.39, 0.29) is 28.9 Å². The minimum Gasteiger partial charge on any atom is -0.463 e. The summed E-state index contributed by atoms with van der Waals surface area (Å²) in [5.41, 5.74) is 1.49. The molecule has 7 nitrogen and oxygen atoms in total. The Hall–Kier alpha value is -4.00. The predicted molar refractivity (Wildman–Crippen MR) is 113 cm³/mol. The van der Waals surface area contributed by atoms with E-state index in [2.05, 4.69) is 5.10 Å². The van der Waals surface area contributed by atoms with Gasteiger partial charge in [-0.2, -0.15) is 10.1 Å². The molecule has 3 aromatic rings. The molecule has 150 valence electrons. The Kier molecular flexibility index (Phi) is 5.02. The highest BCUT2D eigenvalue weighted by Crippen LogP contribution is 2.25. The van der Waals surface area contributed by atoms with Gasteiger partial charge in [0, 0.05) is 0 Å². The summed E-state index contributed by atoms with van der Waals surface area (Å²) in [5.74, 6) is -1.27. The highest BCUT2D eigenvalue weighted by atomic mass is 16.5. The van der Waals surface area contributed by atoms with E-state index in [4.69, 9.17) is 9.15 Å². The van der Waals surface area contributed by atoms with Crippen molar-refractivity contribution in [1.29, 1.82) is 0 Å². The van der Waals surface area contributed by atoms with Gasteiger partial charge in [-0.15, -0.1) is 0 Å². The van der Waals surface area contributed by atoms with Gasteiger partial charge in [-0.25, -0.2) is 4.79 Å². The standard InChI is InChI=1S/C23H18N2O5/c1-3-29-23(28)20-18(22(27)25(24-20)16-7-5-4-6-8-16)12-15-13-30-19-10-9-14(2)11-17(19)21(15)26/h4-13H,3H2,1-2H3/b18-12-. The molecule has 4 rings (SSSR count). The summed E-state index contributed by atoms with van der Waals surface area (Å²) < 4.78 is 10.6. The first kappa shape index (κ1) is 19.3. The van der Waals surface area contributed by atoms with Crippen molar-refractivity contribution < 1.29 is 18.7 Å². The molecule has 0 N–H and O–H groups in total. The van der Waals surface area contributed by atoms with Gasteiger partial charge in [0.15, 0.2) is 11.1 Å². The molecule has 2 heterocycles. The molecule has 1 amide bonds. The minimum atomic E-state index is -0.739. The molecule has 0 radical (unpaired) electrons. The first-order valence-corrected chi connectivity index (χ1v) is 9.39. The third-order valence-electron chi connectivity index (χ3n) is 4.60. The van der Waals surface area contributed by atoms with Gasteiger partial charge < -0.3 is 9.15 Å². The van der Waals surface area contributed by atoms with Crippen molar-refractivity contribution in [1.82, 2.24) is 0 Å². The number of hydrazone groups is 1. The van der Waals surface area contributed by atoms with Gasteiger partial charge in [0.2, 0.25) is 0 Å². The van der Waals surface area contributed by atoms with E-state index >= 15 is 0 Å². The van der Waals surface area contributed by atoms with Crippen LogP contribution in [0.5, 0.6) is 0 Å². The highest BCUT2D eigenvalue weighted by Gasteiger charge is 2.36. The first-order chi connectivity index (χ1) is 14.5. The molecular formula is C23H18N2O5. The zero-order valence-electron chi connectivity index (χ0n) is 16.4. The second kappa shape index (κ2) is 7.79. The molecule has 0 fully saturated rings. The van der Waals surface area contributed by atoms with Crippen LogP contribution < -0.4 is 10.4 Å². The van der Waals surface area contributed by atoms with Gasteiger partial charge in [0.05, 0.1) is 28.8 Å². The molecule has 30 heavy (non-hydrogen) atoms. The average Bonchev–Trinajstić information content (AvgIpc) is 3.07. The van der Waals surface area contributed by atoms with Gasteiger partial charge in [-0.3, -0.25) is 9.59 Å². The predicted octanol–water partition coefficient (Wildman–Crippen LogP) is 3.45. The van der Waals surface area contributed by atoms with Gasteiger partial charge in [-0.1, -0.05) is 29.8 Å². The SMILES string of the molecule is CCOC(=O)C1=NN(c2ccccc2)C(=O)/C1=C\c1coc2ccc(C)cc2c1=O. The van der Waals surface area contributed by atoms with Gasteiger partial charge >= 0.3 is 5.97 Å². The van der Waals surface area contributed by atoms with Crippen LogP contribution in [0.25, 0.3) is 17.0 Å². The summed E-state index contributed by atoms with van der Waals surface area (Å²) in [6, 6.07) is 14.0. The van der Waals surface area contributed by atoms with Gasteiger partial charge in [0.1, 0.15) is 11.8 Å².